The summed E-state index contributed by atoms with van der Waals surface area (Å²) in [6.07, 6.45) is 5.82. The first-order valence-corrected chi connectivity index (χ1v) is 6.60. The van der Waals surface area contributed by atoms with Crippen molar-refractivity contribution in [1.29, 1.82) is 0 Å². The summed E-state index contributed by atoms with van der Waals surface area (Å²) in [5, 5.41) is 10.2. The Morgan fingerprint density at radius 2 is 1.94 bits per heavy atom. The fraction of sp³-hybridized carbons (Fsp3) is 0.600. The second-order valence-corrected chi connectivity index (χ2v) is 4.53. The van der Waals surface area contributed by atoms with E-state index in [1.807, 2.05) is 18.2 Å². The van der Waals surface area contributed by atoms with Gasteiger partial charge in [0.25, 0.3) is 0 Å². The number of rotatable bonds is 7. The van der Waals surface area contributed by atoms with E-state index < -0.39 is 0 Å². The smallest absolute Gasteiger partial charge is 0.161 e. The predicted octanol–water partition coefficient (Wildman–Crippen LogP) is 4.47. The third-order valence-corrected chi connectivity index (χ3v) is 3.23. The van der Waals surface area contributed by atoms with E-state index in [0.717, 1.165) is 24.8 Å². The topological polar surface area (TPSA) is 29.5 Å². The predicted molar refractivity (Wildman–Crippen MR) is 71.8 cm³/mol. The van der Waals surface area contributed by atoms with Crippen molar-refractivity contribution in [3.05, 3.63) is 23.8 Å². The summed E-state index contributed by atoms with van der Waals surface area (Å²) in [4.78, 5) is 0. The van der Waals surface area contributed by atoms with Crippen molar-refractivity contribution in [2.45, 2.75) is 51.9 Å². The van der Waals surface area contributed by atoms with Gasteiger partial charge in [0.15, 0.2) is 11.5 Å². The molecule has 1 atom stereocenters. The molecule has 1 N–H and O–H groups in total. The van der Waals surface area contributed by atoms with Crippen LogP contribution in [0.15, 0.2) is 18.2 Å². The Bertz CT molecular complexity index is 334. The van der Waals surface area contributed by atoms with E-state index in [0.29, 0.717) is 17.4 Å². The second kappa shape index (κ2) is 7.21. The molecule has 0 bridgehead atoms. The summed E-state index contributed by atoms with van der Waals surface area (Å²) in [5.74, 6) is 1.36. The Morgan fingerprint density at radius 3 is 2.53 bits per heavy atom. The number of phenols is 1. The standard InChI is InChI=1S/C15H24O2/c1-4-6-9-12(8-5-2)13-10-7-11-14(17-3)15(13)16/h7,10-12,16H,4-6,8-9H2,1-3H3. The maximum Gasteiger partial charge on any atom is 0.161 e. The van der Waals surface area contributed by atoms with Gasteiger partial charge in [0.1, 0.15) is 0 Å². The highest BCUT2D eigenvalue weighted by Crippen LogP contribution is 2.38. The highest BCUT2D eigenvalue weighted by molar-refractivity contribution is 5.47. The van der Waals surface area contributed by atoms with Crippen LogP contribution in [0.5, 0.6) is 11.5 Å². The second-order valence-electron chi connectivity index (χ2n) is 4.53. The lowest BCUT2D eigenvalue weighted by Crippen LogP contribution is -2.00. The van der Waals surface area contributed by atoms with Gasteiger partial charge in [0.2, 0.25) is 0 Å². The Hall–Kier alpha value is -1.18. The summed E-state index contributed by atoms with van der Waals surface area (Å²) in [6.45, 7) is 4.39. The van der Waals surface area contributed by atoms with Crippen LogP contribution < -0.4 is 4.74 Å². The zero-order valence-corrected chi connectivity index (χ0v) is 11.2. The van der Waals surface area contributed by atoms with Gasteiger partial charge in [-0.05, 0) is 24.8 Å². The average Bonchev–Trinajstić information content (AvgIpc) is 2.35. The summed E-state index contributed by atoms with van der Waals surface area (Å²) in [5.41, 5.74) is 1.04. The van der Waals surface area contributed by atoms with Crippen molar-refractivity contribution >= 4 is 0 Å². The van der Waals surface area contributed by atoms with Crippen LogP contribution in [0.2, 0.25) is 0 Å². The van der Waals surface area contributed by atoms with Gasteiger partial charge in [-0.15, -0.1) is 0 Å². The van der Waals surface area contributed by atoms with E-state index in [-0.39, 0.29) is 0 Å². The summed E-state index contributed by atoms with van der Waals surface area (Å²) in [7, 11) is 1.60. The summed E-state index contributed by atoms with van der Waals surface area (Å²) >= 11 is 0. The van der Waals surface area contributed by atoms with E-state index in [9.17, 15) is 5.11 Å². The van der Waals surface area contributed by atoms with Crippen LogP contribution in [0.1, 0.15) is 57.4 Å². The van der Waals surface area contributed by atoms with Gasteiger partial charge in [-0.2, -0.15) is 0 Å². The Balaban J connectivity index is 2.92. The minimum absolute atomic E-state index is 0.324. The molecule has 1 aromatic rings. The molecule has 2 nitrogen and oxygen atoms in total. The lowest BCUT2D eigenvalue weighted by Gasteiger charge is -2.18. The minimum Gasteiger partial charge on any atom is -0.504 e. The zero-order chi connectivity index (χ0) is 12.7. The molecule has 0 aliphatic rings. The minimum atomic E-state index is 0.324. The van der Waals surface area contributed by atoms with Crippen molar-refractivity contribution in [3.8, 4) is 11.5 Å². The van der Waals surface area contributed by atoms with Gasteiger partial charge >= 0.3 is 0 Å². The maximum absolute atomic E-state index is 10.2. The number of hydrogen-bond donors (Lipinski definition) is 1. The van der Waals surface area contributed by atoms with Gasteiger partial charge < -0.3 is 9.84 Å². The van der Waals surface area contributed by atoms with E-state index in [2.05, 4.69) is 13.8 Å². The molecule has 1 aromatic carbocycles. The fourth-order valence-electron chi connectivity index (χ4n) is 2.29. The molecule has 96 valence electrons. The van der Waals surface area contributed by atoms with Crippen LogP contribution in [0.4, 0.5) is 0 Å². The highest BCUT2D eigenvalue weighted by atomic mass is 16.5. The first-order valence-electron chi connectivity index (χ1n) is 6.60. The molecule has 0 aliphatic heterocycles. The van der Waals surface area contributed by atoms with Crippen molar-refractivity contribution in [2.75, 3.05) is 7.11 Å². The van der Waals surface area contributed by atoms with Crippen LogP contribution in [0.25, 0.3) is 0 Å². The molecule has 2 heteroatoms. The van der Waals surface area contributed by atoms with Crippen molar-refractivity contribution in [3.63, 3.8) is 0 Å². The number of benzene rings is 1. The molecule has 0 spiro atoms. The molecule has 0 saturated carbocycles. The van der Waals surface area contributed by atoms with E-state index >= 15 is 0 Å². The first-order chi connectivity index (χ1) is 8.24. The molecule has 0 heterocycles. The van der Waals surface area contributed by atoms with Gasteiger partial charge in [0, 0.05) is 5.56 Å². The molecule has 1 rings (SSSR count). The van der Waals surface area contributed by atoms with Crippen molar-refractivity contribution in [2.24, 2.45) is 0 Å². The van der Waals surface area contributed by atoms with Gasteiger partial charge in [-0.3, -0.25) is 0 Å². The van der Waals surface area contributed by atoms with Gasteiger partial charge in [-0.1, -0.05) is 45.2 Å². The van der Waals surface area contributed by atoms with Crippen molar-refractivity contribution < 1.29 is 9.84 Å². The number of ether oxygens (including phenoxy) is 1. The number of para-hydroxylation sites is 1. The van der Waals surface area contributed by atoms with Crippen LogP contribution in [-0.2, 0) is 0 Å². The molecular formula is C15H24O2. The number of phenolic OH excluding ortho intramolecular Hbond substituents is 1. The lowest BCUT2D eigenvalue weighted by molar-refractivity contribution is 0.366. The van der Waals surface area contributed by atoms with E-state index in [1.54, 1.807) is 7.11 Å². The van der Waals surface area contributed by atoms with Crippen LogP contribution in [-0.4, -0.2) is 12.2 Å². The number of unbranched alkanes of at least 4 members (excludes halogenated alkanes) is 1. The van der Waals surface area contributed by atoms with Crippen LogP contribution >= 0.6 is 0 Å². The van der Waals surface area contributed by atoms with E-state index in [4.69, 9.17) is 4.74 Å². The van der Waals surface area contributed by atoms with Gasteiger partial charge in [0.05, 0.1) is 7.11 Å². The summed E-state index contributed by atoms with van der Waals surface area (Å²) in [6, 6.07) is 5.79. The van der Waals surface area contributed by atoms with Gasteiger partial charge in [-0.25, -0.2) is 0 Å². The molecular weight excluding hydrogens is 212 g/mol. The molecule has 17 heavy (non-hydrogen) atoms. The van der Waals surface area contributed by atoms with E-state index in [1.165, 1.54) is 12.8 Å². The SMILES string of the molecule is CCCCC(CCC)c1cccc(OC)c1O. The molecule has 0 radical (unpaired) electrons. The molecule has 0 saturated heterocycles. The summed E-state index contributed by atoms with van der Waals surface area (Å²) < 4.78 is 5.17. The fourth-order valence-corrected chi connectivity index (χ4v) is 2.29. The number of hydrogen-bond acceptors (Lipinski definition) is 2. The largest absolute Gasteiger partial charge is 0.504 e. The third kappa shape index (κ3) is 3.65. The normalized spacial score (nSPS) is 12.4. The Labute approximate surface area is 105 Å². The lowest BCUT2D eigenvalue weighted by atomic mass is 9.89. The van der Waals surface area contributed by atoms with Crippen LogP contribution in [0.3, 0.4) is 0 Å². The molecule has 0 aromatic heterocycles. The molecule has 0 amide bonds. The number of methoxy groups -OCH3 is 1. The monoisotopic (exact) mass is 236 g/mol. The Morgan fingerprint density at radius 1 is 1.18 bits per heavy atom. The van der Waals surface area contributed by atoms with Crippen LogP contribution in [0, 0.1) is 0 Å². The quantitative estimate of drug-likeness (QED) is 0.756. The number of aromatic hydroxyl groups is 1. The Kier molecular flexibility index (Phi) is 5.88. The zero-order valence-electron chi connectivity index (χ0n) is 11.2. The third-order valence-electron chi connectivity index (χ3n) is 3.23. The average molecular weight is 236 g/mol. The molecule has 1 unspecified atom stereocenters. The molecule has 0 fully saturated rings. The molecule has 0 aliphatic carbocycles. The maximum atomic E-state index is 10.2. The highest BCUT2D eigenvalue weighted by Gasteiger charge is 2.16. The van der Waals surface area contributed by atoms with Crippen molar-refractivity contribution in [1.82, 2.24) is 0 Å². The first kappa shape index (κ1) is 13.9.